The van der Waals surface area contributed by atoms with Crippen molar-refractivity contribution >= 4 is 21.7 Å². The average molecular weight is 256 g/mol. The van der Waals surface area contributed by atoms with Crippen molar-refractivity contribution in [2.24, 2.45) is 0 Å². The van der Waals surface area contributed by atoms with Crippen LogP contribution in [0.2, 0.25) is 0 Å². The standard InChI is InChI=1S/C18H12N2/c1-2-6-14-13(5-1)9-11-20-18(14)16-10-12-19-17-8-4-3-7-15(16)17/h1-12H. The molecular formula is C18H12N2. The van der Waals surface area contributed by atoms with Gasteiger partial charge in [0, 0.05) is 28.7 Å². The van der Waals surface area contributed by atoms with Gasteiger partial charge in [0.15, 0.2) is 0 Å². The quantitative estimate of drug-likeness (QED) is 0.503. The molecule has 20 heavy (non-hydrogen) atoms. The highest BCUT2D eigenvalue weighted by Gasteiger charge is 2.08. The van der Waals surface area contributed by atoms with Crippen molar-refractivity contribution in [1.29, 1.82) is 0 Å². The summed E-state index contributed by atoms with van der Waals surface area (Å²) in [5.74, 6) is 0. The van der Waals surface area contributed by atoms with E-state index in [0.29, 0.717) is 0 Å². The summed E-state index contributed by atoms with van der Waals surface area (Å²) in [5, 5.41) is 3.52. The zero-order valence-electron chi connectivity index (χ0n) is 10.8. The largest absolute Gasteiger partial charge is 0.256 e. The molecule has 4 rings (SSSR count). The van der Waals surface area contributed by atoms with Crippen LogP contribution in [0.25, 0.3) is 32.9 Å². The van der Waals surface area contributed by atoms with Crippen LogP contribution in [0, 0.1) is 0 Å². The van der Waals surface area contributed by atoms with Gasteiger partial charge in [0.2, 0.25) is 0 Å². The van der Waals surface area contributed by atoms with Crippen LogP contribution in [0.5, 0.6) is 0 Å². The molecule has 0 aliphatic heterocycles. The van der Waals surface area contributed by atoms with Gasteiger partial charge in [-0.25, -0.2) is 0 Å². The number of hydrogen-bond acceptors (Lipinski definition) is 2. The molecule has 0 atom stereocenters. The molecule has 0 saturated carbocycles. The van der Waals surface area contributed by atoms with Gasteiger partial charge in [-0.3, -0.25) is 9.97 Å². The first kappa shape index (κ1) is 11.1. The van der Waals surface area contributed by atoms with E-state index in [1.165, 1.54) is 10.8 Å². The van der Waals surface area contributed by atoms with Crippen molar-refractivity contribution in [2.75, 3.05) is 0 Å². The van der Waals surface area contributed by atoms with E-state index in [0.717, 1.165) is 22.2 Å². The van der Waals surface area contributed by atoms with Crippen molar-refractivity contribution in [3.05, 3.63) is 73.1 Å². The number of pyridine rings is 2. The maximum absolute atomic E-state index is 4.60. The molecule has 0 saturated heterocycles. The van der Waals surface area contributed by atoms with Crippen LogP contribution in [0.3, 0.4) is 0 Å². The van der Waals surface area contributed by atoms with Gasteiger partial charge in [0.25, 0.3) is 0 Å². The van der Waals surface area contributed by atoms with E-state index in [1.54, 1.807) is 0 Å². The number of nitrogens with zero attached hydrogens (tertiary/aromatic N) is 2. The van der Waals surface area contributed by atoms with Gasteiger partial charge in [-0.2, -0.15) is 0 Å². The summed E-state index contributed by atoms with van der Waals surface area (Å²) in [7, 11) is 0. The Kier molecular flexibility index (Phi) is 2.46. The summed E-state index contributed by atoms with van der Waals surface area (Å²) in [6.07, 6.45) is 3.72. The minimum absolute atomic E-state index is 1.000. The topological polar surface area (TPSA) is 25.8 Å². The Balaban J connectivity index is 2.12. The molecule has 0 bridgehead atoms. The van der Waals surface area contributed by atoms with Crippen molar-refractivity contribution in [1.82, 2.24) is 9.97 Å². The third kappa shape index (κ3) is 1.66. The monoisotopic (exact) mass is 256 g/mol. The van der Waals surface area contributed by atoms with Gasteiger partial charge in [-0.15, -0.1) is 0 Å². The highest BCUT2D eigenvalue weighted by Crippen LogP contribution is 2.30. The fourth-order valence-electron chi connectivity index (χ4n) is 2.64. The van der Waals surface area contributed by atoms with Gasteiger partial charge in [-0.05, 0) is 23.6 Å². The van der Waals surface area contributed by atoms with E-state index in [1.807, 2.05) is 42.7 Å². The molecule has 0 spiro atoms. The Hall–Kier alpha value is -2.74. The number of para-hydroxylation sites is 1. The lowest BCUT2D eigenvalue weighted by atomic mass is 10.0. The number of fused-ring (bicyclic) bond motifs is 2. The van der Waals surface area contributed by atoms with Gasteiger partial charge < -0.3 is 0 Å². The Labute approximate surface area is 116 Å². The summed E-state index contributed by atoms with van der Waals surface area (Å²) in [6.45, 7) is 0. The molecule has 0 amide bonds. The van der Waals surface area contributed by atoms with E-state index in [9.17, 15) is 0 Å². The van der Waals surface area contributed by atoms with Crippen LogP contribution in [0.1, 0.15) is 0 Å². The van der Waals surface area contributed by atoms with E-state index >= 15 is 0 Å². The maximum Gasteiger partial charge on any atom is 0.0787 e. The normalized spacial score (nSPS) is 11.0. The molecule has 4 aromatic rings. The lowest BCUT2D eigenvalue weighted by Gasteiger charge is -2.08. The smallest absolute Gasteiger partial charge is 0.0787 e. The minimum atomic E-state index is 1.000. The highest BCUT2D eigenvalue weighted by molar-refractivity contribution is 6.02. The molecule has 0 radical (unpaired) electrons. The van der Waals surface area contributed by atoms with Crippen LogP contribution >= 0.6 is 0 Å². The van der Waals surface area contributed by atoms with Crippen molar-refractivity contribution in [3.8, 4) is 11.3 Å². The zero-order chi connectivity index (χ0) is 13.4. The maximum atomic E-state index is 4.60. The molecule has 2 heterocycles. The van der Waals surface area contributed by atoms with Gasteiger partial charge in [0.1, 0.15) is 0 Å². The Morgan fingerprint density at radius 3 is 2.30 bits per heavy atom. The first-order valence-electron chi connectivity index (χ1n) is 6.61. The molecular weight excluding hydrogens is 244 g/mol. The Morgan fingerprint density at radius 1 is 0.600 bits per heavy atom. The molecule has 94 valence electrons. The number of benzene rings is 2. The predicted molar refractivity (Wildman–Crippen MR) is 82.5 cm³/mol. The van der Waals surface area contributed by atoms with Crippen molar-refractivity contribution < 1.29 is 0 Å². The summed E-state index contributed by atoms with van der Waals surface area (Å²) < 4.78 is 0. The van der Waals surface area contributed by atoms with Crippen LogP contribution in [-0.4, -0.2) is 9.97 Å². The molecule has 0 N–H and O–H groups in total. The third-order valence-corrected chi connectivity index (χ3v) is 3.58. The average Bonchev–Trinajstić information content (AvgIpc) is 2.54. The molecule has 2 aromatic carbocycles. The molecule has 2 nitrogen and oxygen atoms in total. The van der Waals surface area contributed by atoms with Gasteiger partial charge in [-0.1, -0.05) is 42.5 Å². The summed E-state index contributed by atoms with van der Waals surface area (Å²) in [6, 6.07) is 20.6. The van der Waals surface area contributed by atoms with Crippen molar-refractivity contribution in [2.45, 2.75) is 0 Å². The fraction of sp³-hybridized carbons (Fsp3) is 0. The molecule has 2 aromatic heterocycles. The molecule has 0 aliphatic carbocycles. The molecule has 0 unspecified atom stereocenters. The van der Waals surface area contributed by atoms with Gasteiger partial charge >= 0.3 is 0 Å². The van der Waals surface area contributed by atoms with Crippen LogP contribution in [-0.2, 0) is 0 Å². The Bertz CT molecular complexity index is 825. The highest BCUT2D eigenvalue weighted by atomic mass is 14.7. The zero-order valence-corrected chi connectivity index (χ0v) is 10.8. The van der Waals surface area contributed by atoms with Crippen molar-refractivity contribution in [3.63, 3.8) is 0 Å². The van der Waals surface area contributed by atoms with E-state index < -0.39 is 0 Å². The second-order valence-corrected chi connectivity index (χ2v) is 4.76. The first-order chi connectivity index (χ1) is 9.93. The Morgan fingerprint density at radius 2 is 1.35 bits per heavy atom. The first-order valence-corrected chi connectivity index (χ1v) is 6.61. The second kappa shape index (κ2) is 4.42. The SMILES string of the molecule is c1ccc2c(-c3ccnc4ccccc34)nccc2c1. The fourth-order valence-corrected chi connectivity index (χ4v) is 2.64. The summed E-state index contributed by atoms with van der Waals surface area (Å²) >= 11 is 0. The lowest BCUT2D eigenvalue weighted by Crippen LogP contribution is -1.88. The number of hydrogen-bond donors (Lipinski definition) is 0. The van der Waals surface area contributed by atoms with E-state index in [2.05, 4.69) is 40.3 Å². The number of rotatable bonds is 1. The molecule has 0 fully saturated rings. The summed E-state index contributed by atoms with van der Waals surface area (Å²) in [4.78, 5) is 9.02. The van der Waals surface area contributed by atoms with E-state index in [4.69, 9.17) is 0 Å². The molecule has 0 aliphatic rings. The van der Waals surface area contributed by atoms with Crippen LogP contribution < -0.4 is 0 Å². The van der Waals surface area contributed by atoms with Gasteiger partial charge in [0.05, 0.1) is 11.2 Å². The third-order valence-electron chi connectivity index (χ3n) is 3.58. The second-order valence-electron chi connectivity index (χ2n) is 4.76. The van der Waals surface area contributed by atoms with Crippen LogP contribution in [0.4, 0.5) is 0 Å². The molecule has 2 heteroatoms. The lowest BCUT2D eigenvalue weighted by molar-refractivity contribution is 1.35. The van der Waals surface area contributed by atoms with E-state index in [-0.39, 0.29) is 0 Å². The predicted octanol–water partition coefficient (Wildman–Crippen LogP) is 4.45. The summed E-state index contributed by atoms with van der Waals surface area (Å²) in [5.41, 5.74) is 3.15. The number of aromatic nitrogens is 2. The van der Waals surface area contributed by atoms with Crippen LogP contribution in [0.15, 0.2) is 73.1 Å². The minimum Gasteiger partial charge on any atom is -0.256 e.